The number of guanidine groups is 1. The third-order valence-electron chi connectivity index (χ3n) is 6.34. The quantitative estimate of drug-likeness (QED) is 0.0697. The Labute approximate surface area is 230 Å². The van der Waals surface area contributed by atoms with Gasteiger partial charge in [0.05, 0.1) is 24.6 Å². The second-order valence-corrected chi connectivity index (χ2v) is 9.79. The lowest BCUT2D eigenvalue weighted by molar-refractivity contribution is 0.304. The number of nitrogens with two attached hydrogens (primary N) is 2. The van der Waals surface area contributed by atoms with Crippen LogP contribution >= 0.6 is 0 Å². The van der Waals surface area contributed by atoms with Gasteiger partial charge in [-0.3, -0.25) is 4.99 Å². The van der Waals surface area contributed by atoms with Crippen LogP contribution in [0.3, 0.4) is 0 Å². The van der Waals surface area contributed by atoms with Gasteiger partial charge in [0.2, 0.25) is 0 Å². The van der Waals surface area contributed by atoms with E-state index in [4.69, 9.17) is 20.9 Å². The smallest absolute Gasteiger partial charge is 0.185 e. The highest BCUT2D eigenvalue weighted by atomic mass is 16.5. The number of hydrogen-bond donors (Lipinski definition) is 2. The van der Waals surface area contributed by atoms with Crippen LogP contribution in [0.5, 0.6) is 11.5 Å². The molecular weight excluding hydrogens is 474 g/mol. The minimum atomic E-state index is 0.190. The highest BCUT2D eigenvalue weighted by Crippen LogP contribution is 2.23. The minimum Gasteiger partial charge on any atom is -0.494 e. The lowest BCUT2D eigenvalue weighted by Gasteiger charge is -2.06. The molecule has 0 aliphatic heterocycles. The molecule has 0 aliphatic rings. The predicted octanol–water partition coefficient (Wildman–Crippen LogP) is 8.61. The highest BCUT2D eigenvalue weighted by molar-refractivity contribution is 5.75. The SMILES string of the molecule is CCCCCCCCOc1ccc(N=Nc2ccc(OCCCCCCCCCCN=C(N)N)cc2)cc1. The minimum absolute atomic E-state index is 0.190. The van der Waals surface area contributed by atoms with Gasteiger partial charge in [0.15, 0.2) is 5.96 Å². The standard InChI is InChI=1S/C31H49N5O2/c1-2-3-4-5-11-14-25-37-29-20-16-27(17-21-29)35-36-28-18-22-30(23-19-28)38-26-15-12-9-7-6-8-10-13-24-34-31(32)33/h16-23H,2-15,24-26H2,1H3,(H4,32,33,34). The van der Waals surface area contributed by atoms with Crippen molar-refractivity contribution in [2.75, 3.05) is 19.8 Å². The molecule has 0 radical (unpaired) electrons. The van der Waals surface area contributed by atoms with Gasteiger partial charge >= 0.3 is 0 Å². The van der Waals surface area contributed by atoms with Crippen molar-refractivity contribution in [2.24, 2.45) is 26.7 Å². The van der Waals surface area contributed by atoms with E-state index in [0.29, 0.717) is 0 Å². The van der Waals surface area contributed by atoms with Crippen molar-refractivity contribution >= 4 is 17.3 Å². The summed E-state index contributed by atoms with van der Waals surface area (Å²) in [5.74, 6) is 1.95. The summed E-state index contributed by atoms with van der Waals surface area (Å²) in [4.78, 5) is 4.01. The monoisotopic (exact) mass is 523 g/mol. The van der Waals surface area contributed by atoms with Crippen molar-refractivity contribution in [1.82, 2.24) is 0 Å². The number of rotatable bonds is 22. The Morgan fingerprint density at radius 3 is 1.37 bits per heavy atom. The predicted molar refractivity (Wildman–Crippen MR) is 159 cm³/mol. The molecule has 38 heavy (non-hydrogen) atoms. The van der Waals surface area contributed by atoms with Crippen molar-refractivity contribution in [3.63, 3.8) is 0 Å². The molecule has 0 fully saturated rings. The molecule has 2 aromatic carbocycles. The van der Waals surface area contributed by atoms with Gasteiger partial charge in [0.1, 0.15) is 11.5 Å². The van der Waals surface area contributed by atoms with Gasteiger partial charge in [-0.15, -0.1) is 0 Å². The van der Waals surface area contributed by atoms with Crippen LogP contribution in [0.4, 0.5) is 11.4 Å². The number of hydrogen-bond acceptors (Lipinski definition) is 5. The molecule has 2 rings (SSSR count). The molecule has 0 spiro atoms. The van der Waals surface area contributed by atoms with Crippen LogP contribution in [0, 0.1) is 0 Å². The van der Waals surface area contributed by atoms with Crippen LogP contribution in [-0.4, -0.2) is 25.7 Å². The molecule has 7 nitrogen and oxygen atoms in total. The van der Waals surface area contributed by atoms with Crippen LogP contribution in [0.15, 0.2) is 63.8 Å². The molecule has 0 saturated heterocycles. The molecule has 0 aliphatic carbocycles. The second-order valence-electron chi connectivity index (χ2n) is 9.79. The van der Waals surface area contributed by atoms with E-state index in [9.17, 15) is 0 Å². The Morgan fingerprint density at radius 1 is 0.553 bits per heavy atom. The van der Waals surface area contributed by atoms with Gasteiger partial charge in [0.25, 0.3) is 0 Å². The number of ether oxygens (including phenoxy) is 2. The fraction of sp³-hybridized carbons (Fsp3) is 0.581. The second kappa shape index (κ2) is 20.9. The highest BCUT2D eigenvalue weighted by Gasteiger charge is 1.99. The van der Waals surface area contributed by atoms with Crippen molar-refractivity contribution in [3.8, 4) is 11.5 Å². The molecule has 0 heterocycles. The topological polar surface area (TPSA) is 108 Å². The maximum atomic E-state index is 5.87. The molecule has 0 bridgehead atoms. The van der Waals surface area contributed by atoms with Crippen LogP contribution < -0.4 is 20.9 Å². The van der Waals surface area contributed by atoms with E-state index >= 15 is 0 Å². The lowest BCUT2D eigenvalue weighted by Crippen LogP contribution is -2.22. The summed E-state index contributed by atoms with van der Waals surface area (Å²) in [5.41, 5.74) is 12.3. The fourth-order valence-corrected chi connectivity index (χ4v) is 4.08. The Bertz CT molecular complexity index is 893. The van der Waals surface area contributed by atoms with Crippen LogP contribution in [0.1, 0.15) is 96.8 Å². The molecule has 0 amide bonds. The summed E-state index contributed by atoms with van der Waals surface area (Å²) < 4.78 is 11.7. The van der Waals surface area contributed by atoms with Crippen LogP contribution in [-0.2, 0) is 0 Å². The first kappa shape index (κ1) is 31.1. The number of benzene rings is 2. The van der Waals surface area contributed by atoms with E-state index in [1.165, 1.54) is 70.6 Å². The number of aliphatic imine (C=N–C) groups is 1. The lowest BCUT2D eigenvalue weighted by atomic mass is 10.1. The molecule has 0 saturated carbocycles. The zero-order valence-electron chi connectivity index (χ0n) is 23.5. The summed E-state index contributed by atoms with van der Waals surface area (Å²) in [6, 6.07) is 15.6. The van der Waals surface area contributed by atoms with Crippen molar-refractivity contribution in [1.29, 1.82) is 0 Å². The summed E-state index contributed by atoms with van der Waals surface area (Å²) in [6.07, 6.45) is 17.2. The molecular formula is C31H49N5O2. The van der Waals surface area contributed by atoms with E-state index in [2.05, 4.69) is 22.1 Å². The summed E-state index contributed by atoms with van der Waals surface area (Å²) in [7, 11) is 0. The van der Waals surface area contributed by atoms with Gasteiger partial charge in [-0.05, 0) is 67.8 Å². The van der Waals surface area contributed by atoms with E-state index in [1.807, 2.05) is 48.5 Å². The molecule has 0 atom stereocenters. The maximum absolute atomic E-state index is 5.87. The molecule has 2 aromatic rings. The first-order valence-corrected chi connectivity index (χ1v) is 14.6. The zero-order chi connectivity index (χ0) is 27.1. The van der Waals surface area contributed by atoms with Gasteiger partial charge < -0.3 is 20.9 Å². The third kappa shape index (κ3) is 15.9. The van der Waals surface area contributed by atoms with Crippen molar-refractivity contribution in [3.05, 3.63) is 48.5 Å². The van der Waals surface area contributed by atoms with Crippen molar-refractivity contribution in [2.45, 2.75) is 96.8 Å². The molecule has 7 heteroatoms. The molecule has 0 aromatic heterocycles. The maximum Gasteiger partial charge on any atom is 0.185 e. The Hall–Kier alpha value is -3.09. The fourth-order valence-electron chi connectivity index (χ4n) is 4.08. The molecule has 4 N–H and O–H groups in total. The first-order valence-electron chi connectivity index (χ1n) is 14.6. The molecule has 0 unspecified atom stereocenters. The number of azo groups is 1. The third-order valence-corrected chi connectivity index (χ3v) is 6.34. The zero-order valence-corrected chi connectivity index (χ0v) is 23.5. The van der Waals surface area contributed by atoms with Gasteiger partial charge in [-0.1, -0.05) is 77.6 Å². The number of unbranched alkanes of at least 4 members (excludes halogenated alkanes) is 12. The van der Waals surface area contributed by atoms with Gasteiger partial charge in [0, 0.05) is 6.54 Å². The van der Waals surface area contributed by atoms with E-state index < -0.39 is 0 Å². The van der Waals surface area contributed by atoms with E-state index in [0.717, 1.165) is 61.9 Å². The largest absolute Gasteiger partial charge is 0.494 e. The Kier molecular flexibility index (Phi) is 17.1. The van der Waals surface area contributed by atoms with Crippen LogP contribution in [0.25, 0.3) is 0 Å². The van der Waals surface area contributed by atoms with Crippen molar-refractivity contribution < 1.29 is 9.47 Å². The Balaban J connectivity index is 1.52. The summed E-state index contributed by atoms with van der Waals surface area (Å²) >= 11 is 0. The summed E-state index contributed by atoms with van der Waals surface area (Å²) in [5, 5.41) is 8.68. The van der Waals surface area contributed by atoms with E-state index in [-0.39, 0.29) is 5.96 Å². The first-order chi connectivity index (χ1) is 18.7. The van der Waals surface area contributed by atoms with Gasteiger partial charge in [-0.2, -0.15) is 10.2 Å². The van der Waals surface area contributed by atoms with Gasteiger partial charge in [-0.25, -0.2) is 0 Å². The summed E-state index contributed by atoms with van der Waals surface area (Å²) in [6.45, 7) is 4.50. The molecule has 210 valence electrons. The van der Waals surface area contributed by atoms with Crippen LogP contribution in [0.2, 0.25) is 0 Å². The number of nitrogens with zero attached hydrogens (tertiary/aromatic N) is 3. The normalized spacial score (nSPS) is 11.1. The Morgan fingerprint density at radius 2 is 0.947 bits per heavy atom. The average molecular weight is 524 g/mol. The van der Waals surface area contributed by atoms with E-state index in [1.54, 1.807) is 0 Å². The average Bonchev–Trinajstić information content (AvgIpc) is 2.93.